The van der Waals surface area contributed by atoms with Crippen molar-refractivity contribution >= 4 is 16.8 Å². The summed E-state index contributed by atoms with van der Waals surface area (Å²) in [6.07, 6.45) is 10.1. The van der Waals surface area contributed by atoms with Gasteiger partial charge in [0, 0.05) is 49.7 Å². The monoisotopic (exact) mass is 511 g/mol. The maximum atomic E-state index is 14.0. The Morgan fingerprint density at radius 1 is 1.08 bits per heavy atom. The fraction of sp³-hybridized carbons (Fsp3) is 0.667. The molecular weight excluding hydrogens is 466 g/mol. The Labute approximate surface area is 222 Å². The first-order valence-corrected chi connectivity index (χ1v) is 14.4. The number of aromatic nitrogens is 1. The first kappa shape index (κ1) is 27.6. The molecule has 2 aromatic rings. The van der Waals surface area contributed by atoms with Crippen LogP contribution in [0.4, 0.5) is 0 Å². The molecule has 2 aliphatic rings. The zero-order valence-electron chi connectivity index (χ0n) is 23.0. The second-order valence-electron chi connectivity index (χ2n) is 10.6. The average Bonchev–Trinajstić information content (AvgIpc) is 3.18. The number of amides is 1. The lowest BCUT2D eigenvalue weighted by molar-refractivity contribution is 0.0567. The van der Waals surface area contributed by atoms with Gasteiger partial charge >= 0.3 is 0 Å². The molecule has 2 fully saturated rings. The third kappa shape index (κ3) is 7.35. The van der Waals surface area contributed by atoms with E-state index in [1.165, 1.54) is 25.7 Å². The zero-order valence-corrected chi connectivity index (χ0v) is 23.0. The molecule has 1 aromatic heterocycles. The van der Waals surface area contributed by atoms with Gasteiger partial charge in [0.25, 0.3) is 5.91 Å². The molecule has 1 aliphatic carbocycles. The van der Waals surface area contributed by atoms with Crippen LogP contribution in [0.5, 0.6) is 11.5 Å². The van der Waals surface area contributed by atoms with Crippen LogP contribution in [-0.2, 0) is 4.74 Å². The van der Waals surface area contributed by atoms with Crippen LogP contribution in [0, 0.1) is 0 Å². The summed E-state index contributed by atoms with van der Waals surface area (Å²) in [6.45, 7) is 9.84. The molecule has 0 radical (unpaired) electrons. The van der Waals surface area contributed by atoms with E-state index in [0.29, 0.717) is 36.8 Å². The lowest BCUT2D eigenvalue weighted by atomic mass is 10.0. The number of ether oxygens (including phenoxy) is 3. The largest absolute Gasteiger partial charge is 0.493 e. The molecule has 1 saturated heterocycles. The van der Waals surface area contributed by atoms with Crippen molar-refractivity contribution in [2.45, 2.75) is 96.7 Å². The summed E-state index contributed by atoms with van der Waals surface area (Å²) in [5.41, 5.74) is 1.13. The quantitative estimate of drug-likeness (QED) is 0.306. The summed E-state index contributed by atoms with van der Waals surface area (Å²) in [5, 5.41) is 4.33. The Hall–Kier alpha value is -2.38. The number of nitrogens with zero attached hydrogens (tertiary/aromatic N) is 2. The predicted octanol–water partition coefficient (Wildman–Crippen LogP) is 5.74. The molecule has 7 heteroatoms. The van der Waals surface area contributed by atoms with E-state index in [1.54, 1.807) is 0 Å². The van der Waals surface area contributed by atoms with Gasteiger partial charge in [-0.2, -0.15) is 0 Å². The number of benzene rings is 1. The molecule has 1 aromatic carbocycles. The number of fused-ring (bicyclic) bond motifs is 1. The molecule has 1 atom stereocenters. The highest BCUT2D eigenvalue weighted by atomic mass is 16.5. The summed E-state index contributed by atoms with van der Waals surface area (Å²) in [5.74, 6) is 1.38. The van der Waals surface area contributed by atoms with Gasteiger partial charge in [-0.3, -0.25) is 4.79 Å². The molecule has 1 aliphatic heterocycles. The van der Waals surface area contributed by atoms with E-state index < -0.39 is 0 Å². The number of hydrogen-bond acceptors (Lipinski definition) is 6. The van der Waals surface area contributed by atoms with Gasteiger partial charge in [0.1, 0.15) is 22.7 Å². The van der Waals surface area contributed by atoms with E-state index in [1.807, 2.05) is 36.1 Å². The lowest BCUT2D eigenvalue weighted by Crippen LogP contribution is -2.51. The standard InChI is InChI=1S/C30H45N3O4/c1-4-35-18-11-19-36-28-20-26(30(34)33(22(2)3)23-12-10-17-31-21-23)32-29-25(28)15-9-16-27(29)37-24-13-7-5-6-8-14-24/h9,15-16,20,22-24,31H,4-8,10-14,17-19,21H2,1-3H3/t23-/m1/s1. The Balaban J connectivity index is 1.68. The van der Waals surface area contributed by atoms with Gasteiger partial charge in [0.15, 0.2) is 0 Å². The number of nitrogens with one attached hydrogen (secondary N) is 1. The van der Waals surface area contributed by atoms with Crippen molar-refractivity contribution in [2.75, 3.05) is 32.9 Å². The Kier molecular flexibility index (Phi) is 10.4. The van der Waals surface area contributed by atoms with Crippen LogP contribution in [0.25, 0.3) is 10.9 Å². The third-order valence-electron chi connectivity index (χ3n) is 7.43. The Bertz CT molecular complexity index is 998. The van der Waals surface area contributed by atoms with Gasteiger partial charge in [-0.1, -0.05) is 18.9 Å². The lowest BCUT2D eigenvalue weighted by Gasteiger charge is -2.37. The molecule has 1 saturated carbocycles. The number of piperidine rings is 1. The minimum atomic E-state index is -0.0472. The molecule has 0 bridgehead atoms. The number of carbonyl (C=O) groups is 1. The normalized spacial score (nSPS) is 19.1. The van der Waals surface area contributed by atoms with E-state index in [9.17, 15) is 4.79 Å². The van der Waals surface area contributed by atoms with Gasteiger partial charge in [0.2, 0.25) is 0 Å². The summed E-state index contributed by atoms with van der Waals surface area (Å²) < 4.78 is 18.3. The fourth-order valence-corrected chi connectivity index (χ4v) is 5.57. The maximum absolute atomic E-state index is 14.0. The minimum absolute atomic E-state index is 0.0472. The van der Waals surface area contributed by atoms with Crippen LogP contribution in [0.15, 0.2) is 24.3 Å². The number of para-hydroxylation sites is 1. The van der Waals surface area contributed by atoms with Gasteiger partial charge in [0.05, 0.1) is 12.7 Å². The van der Waals surface area contributed by atoms with Crippen LogP contribution in [-0.4, -0.2) is 66.9 Å². The van der Waals surface area contributed by atoms with Gasteiger partial charge in [-0.25, -0.2) is 4.98 Å². The minimum Gasteiger partial charge on any atom is -0.493 e. The topological polar surface area (TPSA) is 72.9 Å². The highest BCUT2D eigenvalue weighted by Crippen LogP contribution is 2.34. The van der Waals surface area contributed by atoms with Crippen LogP contribution in [0.1, 0.15) is 89.0 Å². The molecule has 1 N–H and O–H groups in total. The predicted molar refractivity (Wildman–Crippen MR) is 148 cm³/mol. The summed E-state index contributed by atoms with van der Waals surface area (Å²) in [4.78, 5) is 20.9. The maximum Gasteiger partial charge on any atom is 0.273 e. The van der Waals surface area contributed by atoms with E-state index in [0.717, 1.165) is 56.3 Å². The van der Waals surface area contributed by atoms with Crippen molar-refractivity contribution in [1.82, 2.24) is 15.2 Å². The highest BCUT2D eigenvalue weighted by Gasteiger charge is 2.30. The summed E-state index contributed by atoms with van der Waals surface area (Å²) >= 11 is 0. The molecule has 1 amide bonds. The Morgan fingerprint density at radius 3 is 2.59 bits per heavy atom. The van der Waals surface area contributed by atoms with Crippen molar-refractivity contribution in [3.05, 3.63) is 30.0 Å². The highest BCUT2D eigenvalue weighted by molar-refractivity contribution is 5.98. The second-order valence-corrected chi connectivity index (χ2v) is 10.6. The van der Waals surface area contributed by atoms with Crippen molar-refractivity contribution < 1.29 is 19.0 Å². The zero-order chi connectivity index (χ0) is 26.0. The summed E-state index contributed by atoms with van der Waals surface area (Å²) in [7, 11) is 0. The van der Waals surface area contributed by atoms with E-state index in [-0.39, 0.29) is 24.1 Å². The van der Waals surface area contributed by atoms with Gasteiger partial charge in [-0.05, 0) is 78.0 Å². The van der Waals surface area contributed by atoms with Crippen LogP contribution >= 0.6 is 0 Å². The van der Waals surface area contributed by atoms with Crippen molar-refractivity contribution in [1.29, 1.82) is 0 Å². The summed E-state index contributed by atoms with van der Waals surface area (Å²) in [6, 6.07) is 8.05. The van der Waals surface area contributed by atoms with Crippen molar-refractivity contribution in [2.24, 2.45) is 0 Å². The van der Waals surface area contributed by atoms with E-state index in [4.69, 9.17) is 19.2 Å². The first-order chi connectivity index (χ1) is 18.1. The number of rotatable bonds is 11. The molecular formula is C30H45N3O4. The molecule has 2 heterocycles. The van der Waals surface area contributed by atoms with E-state index >= 15 is 0 Å². The Morgan fingerprint density at radius 2 is 1.89 bits per heavy atom. The van der Waals surface area contributed by atoms with E-state index in [2.05, 4.69) is 19.2 Å². The molecule has 4 rings (SSSR count). The smallest absolute Gasteiger partial charge is 0.273 e. The molecule has 0 spiro atoms. The van der Waals surface area contributed by atoms with Crippen LogP contribution < -0.4 is 14.8 Å². The second kappa shape index (κ2) is 14.0. The first-order valence-electron chi connectivity index (χ1n) is 14.4. The SMILES string of the molecule is CCOCCCOc1cc(C(=O)N(C(C)C)[C@@H]2CCCNC2)nc2c(OC3CCCCCC3)cccc12. The van der Waals surface area contributed by atoms with Crippen LogP contribution in [0.3, 0.4) is 0 Å². The molecule has 204 valence electrons. The number of hydrogen-bond donors (Lipinski definition) is 1. The number of pyridine rings is 1. The third-order valence-corrected chi connectivity index (χ3v) is 7.43. The average molecular weight is 512 g/mol. The molecule has 0 unspecified atom stereocenters. The van der Waals surface area contributed by atoms with Crippen molar-refractivity contribution in [3.63, 3.8) is 0 Å². The van der Waals surface area contributed by atoms with Crippen LogP contribution in [0.2, 0.25) is 0 Å². The van der Waals surface area contributed by atoms with Gasteiger partial charge < -0.3 is 24.4 Å². The van der Waals surface area contributed by atoms with Gasteiger partial charge in [-0.15, -0.1) is 0 Å². The molecule has 7 nitrogen and oxygen atoms in total. The molecule has 37 heavy (non-hydrogen) atoms. The van der Waals surface area contributed by atoms with Crippen molar-refractivity contribution in [3.8, 4) is 11.5 Å². The fourth-order valence-electron chi connectivity index (χ4n) is 5.57. The number of carbonyl (C=O) groups excluding carboxylic acids is 1.